The minimum atomic E-state index is -3.48. The van der Waals surface area contributed by atoms with Crippen molar-refractivity contribution in [2.75, 3.05) is 50.5 Å². The van der Waals surface area contributed by atoms with E-state index in [1.165, 1.54) is 17.3 Å². The number of hydrogen-bond acceptors (Lipinski definition) is 6. The Morgan fingerprint density at radius 1 is 1.00 bits per heavy atom. The number of benzene rings is 2. The number of pyridine rings is 1. The molecule has 1 aliphatic heterocycles. The molecule has 0 aliphatic carbocycles. The largest absolute Gasteiger partial charge is 0.475 e. The van der Waals surface area contributed by atoms with E-state index >= 15 is 0 Å². The first-order valence-electron chi connectivity index (χ1n) is 11.8. The molecule has 1 fully saturated rings. The summed E-state index contributed by atoms with van der Waals surface area (Å²) in [5.74, 6) is 0.184. The number of aromatic amines is 1. The van der Waals surface area contributed by atoms with Crippen molar-refractivity contribution in [3.8, 4) is 17.1 Å². The fraction of sp³-hybridized carbons (Fsp3) is 0.296. The van der Waals surface area contributed by atoms with Gasteiger partial charge in [0.2, 0.25) is 5.88 Å². The molecule has 0 atom stereocenters. The molecular weight excluding hydrogens is 460 g/mol. The molecule has 0 radical (unpaired) electrons. The van der Waals surface area contributed by atoms with Gasteiger partial charge < -0.3 is 14.6 Å². The molecule has 1 N–H and O–H groups in total. The summed E-state index contributed by atoms with van der Waals surface area (Å²) >= 11 is 0. The van der Waals surface area contributed by atoms with E-state index in [1.807, 2.05) is 42.6 Å². The number of aromatic nitrogens is 2. The zero-order valence-corrected chi connectivity index (χ0v) is 20.9. The molecule has 0 unspecified atom stereocenters. The summed E-state index contributed by atoms with van der Waals surface area (Å²) in [6, 6.07) is 20.0. The standard InChI is InChI=1S/C27H30N4O3S/c1-20-19-24(21-7-4-3-5-8-21)29-27(26(20)35(2,32)33)34-18-17-30-13-15-31(16-14-30)25-10-6-9-23-22(25)11-12-28-23/h3-12,19,28H,13-18H2,1-2H3. The molecule has 182 valence electrons. The molecule has 0 spiro atoms. The highest BCUT2D eigenvalue weighted by Crippen LogP contribution is 2.30. The lowest BCUT2D eigenvalue weighted by Crippen LogP contribution is -2.47. The summed E-state index contributed by atoms with van der Waals surface area (Å²) in [5.41, 5.74) is 4.69. The van der Waals surface area contributed by atoms with Crippen molar-refractivity contribution in [2.45, 2.75) is 11.8 Å². The van der Waals surface area contributed by atoms with Crippen LogP contribution in [0.3, 0.4) is 0 Å². The van der Waals surface area contributed by atoms with Gasteiger partial charge in [0.1, 0.15) is 11.5 Å². The van der Waals surface area contributed by atoms with Gasteiger partial charge in [-0.25, -0.2) is 13.4 Å². The summed E-state index contributed by atoms with van der Waals surface area (Å²) in [4.78, 5) is 12.8. The van der Waals surface area contributed by atoms with Crippen molar-refractivity contribution >= 4 is 26.4 Å². The number of sulfone groups is 1. The fourth-order valence-electron chi connectivity index (χ4n) is 4.77. The van der Waals surface area contributed by atoms with Crippen LogP contribution in [0.1, 0.15) is 5.56 Å². The van der Waals surface area contributed by atoms with Gasteiger partial charge in [0.05, 0.1) is 5.69 Å². The number of nitrogens with zero attached hydrogens (tertiary/aromatic N) is 3. The molecule has 7 nitrogen and oxygen atoms in total. The van der Waals surface area contributed by atoms with Crippen LogP contribution in [0.4, 0.5) is 5.69 Å². The number of ether oxygens (including phenoxy) is 1. The Labute approximate surface area is 206 Å². The van der Waals surface area contributed by atoms with Gasteiger partial charge in [0.25, 0.3) is 0 Å². The zero-order valence-electron chi connectivity index (χ0n) is 20.1. The monoisotopic (exact) mass is 490 g/mol. The van der Waals surface area contributed by atoms with Crippen molar-refractivity contribution in [1.29, 1.82) is 0 Å². The Bertz CT molecular complexity index is 1430. The smallest absolute Gasteiger partial charge is 0.233 e. The number of hydrogen-bond donors (Lipinski definition) is 1. The normalized spacial score (nSPS) is 15.0. The van der Waals surface area contributed by atoms with Crippen LogP contribution < -0.4 is 9.64 Å². The van der Waals surface area contributed by atoms with Gasteiger partial charge in [0.15, 0.2) is 9.84 Å². The first kappa shape index (κ1) is 23.4. The van der Waals surface area contributed by atoms with E-state index < -0.39 is 9.84 Å². The second-order valence-corrected chi connectivity index (χ2v) is 10.9. The van der Waals surface area contributed by atoms with Gasteiger partial charge in [-0.1, -0.05) is 36.4 Å². The average molecular weight is 491 g/mol. The van der Waals surface area contributed by atoms with E-state index in [0.717, 1.165) is 37.3 Å². The third kappa shape index (κ3) is 5.04. The number of anilines is 1. The summed E-state index contributed by atoms with van der Waals surface area (Å²) in [7, 11) is -3.48. The Morgan fingerprint density at radius 2 is 1.77 bits per heavy atom. The summed E-state index contributed by atoms with van der Waals surface area (Å²) in [5, 5.41) is 1.25. The van der Waals surface area contributed by atoms with Crippen LogP contribution in [0.5, 0.6) is 5.88 Å². The first-order chi connectivity index (χ1) is 16.9. The topological polar surface area (TPSA) is 78.5 Å². The third-order valence-corrected chi connectivity index (χ3v) is 7.74. The minimum absolute atomic E-state index is 0.168. The Hall–Kier alpha value is -3.36. The van der Waals surface area contributed by atoms with Gasteiger partial charge in [-0.2, -0.15) is 0 Å². The summed E-state index contributed by atoms with van der Waals surface area (Å²) in [6.07, 6.45) is 3.19. The van der Waals surface area contributed by atoms with Crippen LogP contribution in [0.15, 0.2) is 71.8 Å². The summed E-state index contributed by atoms with van der Waals surface area (Å²) < 4.78 is 31.0. The number of nitrogens with one attached hydrogen (secondary N) is 1. The predicted octanol–water partition coefficient (Wildman–Crippen LogP) is 4.14. The van der Waals surface area contributed by atoms with Crippen LogP contribution >= 0.6 is 0 Å². The van der Waals surface area contributed by atoms with E-state index in [2.05, 4.69) is 44.0 Å². The minimum Gasteiger partial charge on any atom is -0.475 e. The fourth-order valence-corrected chi connectivity index (χ4v) is 5.83. The zero-order chi connectivity index (χ0) is 24.4. The van der Waals surface area contributed by atoms with Crippen molar-refractivity contribution in [2.24, 2.45) is 0 Å². The highest BCUT2D eigenvalue weighted by molar-refractivity contribution is 7.90. The van der Waals surface area contributed by atoms with Crippen LogP contribution in [0, 0.1) is 6.92 Å². The van der Waals surface area contributed by atoms with E-state index in [9.17, 15) is 8.42 Å². The van der Waals surface area contributed by atoms with Gasteiger partial charge in [-0.3, -0.25) is 4.90 Å². The maximum absolute atomic E-state index is 12.5. The third-order valence-electron chi connectivity index (χ3n) is 6.50. The molecule has 8 heteroatoms. The molecule has 35 heavy (non-hydrogen) atoms. The predicted molar refractivity (Wildman–Crippen MR) is 140 cm³/mol. The molecule has 0 bridgehead atoms. The number of rotatable bonds is 7. The molecule has 1 aliphatic rings. The number of fused-ring (bicyclic) bond motifs is 1. The van der Waals surface area contributed by atoms with Crippen LogP contribution in [0.2, 0.25) is 0 Å². The quantitative estimate of drug-likeness (QED) is 0.420. The first-order valence-corrected chi connectivity index (χ1v) is 13.7. The van der Waals surface area contributed by atoms with Crippen LogP contribution in [-0.2, 0) is 9.84 Å². The van der Waals surface area contributed by atoms with Gasteiger partial charge in [0, 0.05) is 67.3 Å². The van der Waals surface area contributed by atoms with Gasteiger partial charge in [-0.15, -0.1) is 0 Å². The van der Waals surface area contributed by atoms with Crippen LogP contribution in [-0.4, -0.2) is 68.9 Å². The molecule has 4 aromatic rings. The molecule has 5 rings (SSSR count). The highest BCUT2D eigenvalue weighted by Gasteiger charge is 2.23. The highest BCUT2D eigenvalue weighted by atomic mass is 32.2. The van der Waals surface area contributed by atoms with E-state index in [-0.39, 0.29) is 10.8 Å². The molecule has 3 heterocycles. The number of aryl methyl sites for hydroxylation is 1. The molecule has 2 aromatic carbocycles. The molecule has 0 saturated carbocycles. The van der Waals surface area contributed by atoms with E-state index in [1.54, 1.807) is 6.92 Å². The molecule has 1 saturated heterocycles. The number of H-pyrrole nitrogens is 1. The number of piperazine rings is 1. The van der Waals surface area contributed by atoms with Gasteiger partial charge >= 0.3 is 0 Å². The average Bonchev–Trinajstić information content (AvgIpc) is 3.33. The second-order valence-electron chi connectivity index (χ2n) is 8.99. The van der Waals surface area contributed by atoms with Crippen molar-refractivity contribution in [3.63, 3.8) is 0 Å². The SMILES string of the molecule is Cc1cc(-c2ccccc2)nc(OCCN2CCN(c3cccc4[nH]ccc34)CC2)c1S(C)(=O)=O. The van der Waals surface area contributed by atoms with E-state index in [0.29, 0.717) is 24.4 Å². The van der Waals surface area contributed by atoms with Crippen LogP contribution in [0.25, 0.3) is 22.2 Å². The Balaban J connectivity index is 1.25. The Morgan fingerprint density at radius 3 is 2.51 bits per heavy atom. The maximum atomic E-state index is 12.5. The van der Waals surface area contributed by atoms with Gasteiger partial charge in [-0.05, 0) is 36.8 Å². The van der Waals surface area contributed by atoms with Crippen molar-refractivity contribution < 1.29 is 13.2 Å². The Kier molecular flexibility index (Phi) is 6.49. The lowest BCUT2D eigenvalue weighted by molar-refractivity contribution is 0.194. The van der Waals surface area contributed by atoms with E-state index in [4.69, 9.17) is 4.74 Å². The maximum Gasteiger partial charge on any atom is 0.233 e. The lowest BCUT2D eigenvalue weighted by Gasteiger charge is -2.36. The lowest BCUT2D eigenvalue weighted by atomic mass is 10.1. The summed E-state index contributed by atoms with van der Waals surface area (Å²) in [6.45, 7) is 6.57. The van der Waals surface area contributed by atoms with Crippen molar-refractivity contribution in [3.05, 3.63) is 72.4 Å². The molecular formula is C27H30N4O3S. The second kappa shape index (κ2) is 9.71. The molecule has 2 aromatic heterocycles. The van der Waals surface area contributed by atoms with Crippen molar-refractivity contribution in [1.82, 2.24) is 14.9 Å². The molecule has 0 amide bonds.